The molecule has 0 amide bonds. The van der Waals surface area contributed by atoms with Gasteiger partial charge in [0.05, 0.1) is 17.1 Å². The molecule has 0 bridgehead atoms. The molecule has 21 heavy (non-hydrogen) atoms. The van der Waals surface area contributed by atoms with Crippen LogP contribution in [0.25, 0.3) is 5.69 Å². The molecular weight excluding hydrogens is 292 g/mol. The molecule has 0 saturated carbocycles. The molecule has 1 atom stereocenters. The first-order valence-electron chi connectivity index (χ1n) is 6.32. The van der Waals surface area contributed by atoms with Crippen molar-refractivity contribution in [2.75, 3.05) is 12.9 Å². The van der Waals surface area contributed by atoms with Crippen LogP contribution in [0.3, 0.4) is 0 Å². The highest BCUT2D eigenvalue weighted by atomic mass is 32.2. The summed E-state index contributed by atoms with van der Waals surface area (Å²) >= 11 is 0. The van der Waals surface area contributed by atoms with Crippen molar-refractivity contribution >= 4 is 15.8 Å². The Kier molecular flexibility index (Phi) is 4.42. The summed E-state index contributed by atoms with van der Waals surface area (Å²) in [6, 6.07) is 6.78. The van der Waals surface area contributed by atoms with E-state index in [1.165, 1.54) is 6.92 Å². The molecule has 7 heteroatoms. The third kappa shape index (κ3) is 3.91. The average Bonchev–Trinajstić information content (AvgIpc) is 2.97. The van der Waals surface area contributed by atoms with Gasteiger partial charge in [0.1, 0.15) is 6.61 Å². The number of hydrogen-bond donors (Lipinski definition) is 0. The van der Waals surface area contributed by atoms with Crippen LogP contribution in [0.2, 0.25) is 0 Å². The van der Waals surface area contributed by atoms with Crippen molar-refractivity contribution in [1.82, 2.24) is 9.55 Å². The first-order chi connectivity index (χ1) is 9.88. The molecule has 1 aromatic carbocycles. The smallest absolute Gasteiger partial charge is 0.338 e. The van der Waals surface area contributed by atoms with Gasteiger partial charge in [0.15, 0.2) is 9.84 Å². The van der Waals surface area contributed by atoms with Gasteiger partial charge >= 0.3 is 5.97 Å². The molecule has 6 nitrogen and oxygen atoms in total. The Bertz CT molecular complexity index is 706. The quantitative estimate of drug-likeness (QED) is 0.781. The van der Waals surface area contributed by atoms with Crippen LogP contribution in [-0.4, -0.2) is 42.1 Å². The molecule has 0 fully saturated rings. The summed E-state index contributed by atoms with van der Waals surface area (Å²) in [5.41, 5.74) is 1.24. The highest BCUT2D eigenvalue weighted by Gasteiger charge is 2.17. The van der Waals surface area contributed by atoms with Gasteiger partial charge in [-0.2, -0.15) is 0 Å². The Morgan fingerprint density at radius 1 is 1.33 bits per heavy atom. The van der Waals surface area contributed by atoms with Crippen molar-refractivity contribution in [2.45, 2.75) is 12.2 Å². The van der Waals surface area contributed by atoms with Gasteiger partial charge in [0.25, 0.3) is 0 Å². The summed E-state index contributed by atoms with van der Waals surface area (Å²) in [6.07, 6.45) is 6.22. The molecule has 0 aliphatic heterocycles. The lowest BCUT2D eigenvalue weighted by Gasteiger charge is -2.10. The Morgan fingerprint density at radius 3 is 2.52 bits per heavy atom. The van der Waals surface area contributed by atoms with E-state index in [0.717, 1.165) is 11.9 Å². The maximum absolute atomic E-state index is 11.8. The lowest BCUT2D eigenvalue weighted by molar-refractivity contribution is 0.0508. The van der Waals surface area contributed by atoms with Gasteiger partial charge in [-0.05, 0) is 31.2 Å². The van der Waals surface area contributed by atoms with Crippen molar-refractivity contribution in [3.8, 4) is 5.69 Å². The zero-order chi connectivity index (χ0) is 15.5. The van der Waals surface area contributed by atoms with Gasteiger partial charge < -0.3 is 9.30 Å². The number of carbonyl (C=O) groups is 1. The zero-order valence-electron chi connectivity index (χ0n) is 11.8. The minimum absolute atomic E-state index is 0.152. The van der Waals surface area contributed by atoms with Gasteiger partial charge in [-0.1, -0.05) is 0 Å². The molecule has 112 valence electrons. The molecule has 0 radical (unpaired) electrons. The molecule has 0 aliphatic carbocycles. The number of rotatable bonds is 5. The van der Waals surface area contributed by atoms with E-state index in [2.05, 4.69) is 4.98 Å². The fourth-order valence-electron chi connectivity index (χ4n) is 1.58. The second kappa shape index (κ2) is 6.09. The van der Waals surface area contributed by atoms with Crippen molar-refractivity contribution in [3.63, 3.8) is 0 Å². The third-order valence-electron chi connectivity index (χ3n) is 3.09. The molecule has 0 N–H and O–H groups in total. The van der Waals surface area contributed by atoms with Gasteiger partial charge in [0, 0.05) is 24.3 Å². The number of carbonyl (C=O) groups excluding carboxylic acids is 1. The minimum Gasteiger partial charge on any atom is -0.461 e. The zero-order valence-corrected chi connectivity index (χ0v) is 12.6. The topological polar surface area (TPSA) is 78.3 Å². The van der Waals surface area contributed by atoms with Gasteiger partial charge in [-0.3, -0.25) is 0 Å². The normalized spacial score (nSPS) is 12.9. The average molecular weight is 308 g/mol. The largest absolute Gasteiger partial charge is 0.461 e. The number of aromatic nitrogens is 2. The number of ether oxygens (including phenoxy) is 1. The van der Waals surface area contributed by atoms with E-state index >= 15 is 0 Å². The van der Waals surface area contributed by atoms with Crippen LogP contribution in [0, 0.1) is 0 Å². The number of imidazole rings is 1. The van der Waals surface area contributed by atoms with Crippen LogP contribution in [0.1, 0.15) is 17.3 Å². The fourth-order valence-corrected chi connectivity index (χ4v) is 1.90. The summed E-state index contributed by atoms with van der Waals surface area (Å²) in [5, 5.41) is -0.716. The third-order valence-corrected chi connectivity index (χ3v) is 4.68. The van der Waals surface area contributed by atoms with E-state index in [1.54, 1.807) is 47.6 Å². The highest BCUT2D eigenvalue weighted by molar-refractivity contribution is 7.91. The van der Waals surface area contributed by atoms with Crippen LogP contribution >= 0.6 is 0 Å². The lowest BCUT2D eigenvalue weighted by atomic mass is 10.2. The van der Waals surface area contributed by atoms with E-state index in [4.69, 9.17) is 4.74 Å². The molecular formula is C14H16N2O4S. The number of nitrogens with zero attached hydrogens (tertiary/aromatic N) is 2. The van der Waals surface area contributed by atoms with Gasteiger partial charge in [-0.25, -0.2) is 18.2 Å². The van der Waals surface area contributed by atoms with Gasteiger partial charge in [0.2, 0.25) is 0 Å². The van der Waals surface area contributed by atoms with Crippen LogP contribution in [0.5, 0.6) is 0 Å². The molecule has 0 aliphatic rings. The first kappa shape index (κ1) is 15.2. The summed E-state index contributed by atoms with van der Waals surface area (Å²) in [5.74, 6) is -0.539. The summed E-state index contributed by atoms with van der Waals surface area (Å²) in [7, 11) is -3.20. The Balaban J connectivity index is 2.00. The first-order valence-corrected chi connectivity index (χ1v) is 8.28. The molecule has 2 aromatic rings. The van der Waals surface area contributed by atoms with Crippen LogP contribution in [-0.2, 0) is 14.6 Å². The lowest BCUT2D eigenvalue weighted by Crippen LogP contribution is -2.24. The standard InChI is InChI=1S/C14H16N2O4S/c1-11(21(2,18)19)9-20-14(17)12-3-5-13(6-4-12)16-8-7-15-10-16/h3-8,10-11H,9H2,1-2H3. The SMILES string of the molecule is CC(COC(=O)c1ccc(-n2ccnc2)cc1)S(C)(=O)=O. The van der Waals surface area contributed by atoms with Crippen molar-refractivity contribution in [1.29, 1.82) is 0 Å². The molecule has 2 rings (SSSR count). The van der Waals surface area contributed by atoms with Crippen LogP contribution in [0.15, 0.2) is 43.0 Å². The monoisotopic (exact) mass is 308 g/mol. The number of benzene rings is 1. The van der Waals surface area contributed by atoms with Crippen molar-refractivity contribution in [3.05, 3.63) is 48.5 Å². The maximum Gasteiger partial charge on any atom is 0.338 e. The second-order valence-corrected chi connectivity index (χ2v) is 7.22. The van der Waals surface area contributed by atoms with E-state index in [-0.39, 0.29) is 6.61 Å². The molecule has 1 unspecified atom stereocenters. The molecule has 0 spiro atoms. The molecule has 0 saturated heterocycles. The molecule has 1 heterocycles. The Hall–Kier alpha value is -2.15. The van der Waals surface area contributed by atoms with Crippen LogP contribution < -0.4 is 0 Å². The maximum atomic E-state index is 11.8. The predicted octanol–water partition coefficient (Wildman–Crippen LogP) is 1.46. The number of esters is 1. The number of sulfone groups is 1. The minimum atomic E-state index is -3.20. The van der Waals surface area contributed by atoms with Gasteiger partial charge in [-0.15, -0.1) is 0 Å². The molecule has 1 aromatic heterocycles. The van der Waals surface area contributed by atoms with E-state index in [1.807, 2.05) is 0 Å². The highest BCUT2D eigenvalue weighted by Crippen LogP contribution is 2.11. The van der Waals surface area contributed by atoms with Crippen molar-refractivity contribution in [2.24, 2.45) is 0 Å². The number of hydrogen-bond acceptors (Lipinski definition) is 5. The Labute approximate surface area is 123 Å². The fraction of sp³-hybridized carbons (Fsp3) is 0.286. The summed E-state index contributed by atoms with van der Waals surface area (Å²) < 4.78 is 29.3. The summed E-state index contributed by atoms with van der Waals surface area (Å²) in [6.45, 7) is 1.35. The predicted molar refractivity (Wildman–Crippen MR) is 78.2 cm³/mol. The van der Waals surface area contributed by atoms with E-state index in [9.17, 15) is 13.2 Å². The van der Waals surface area contributed by atoms with Crippen molar-refractivity contribution < 1.29 is 17.9 Å². The van der Waals surface area contributed by atoms with E-state index in [0.29, 0.717) is 5.56 Å². The second-order valence-electron chi connectivity index (χ2n) is 4.76. The van der Waals surface area contributed by atoms with Crippen LogP contribution in [0.4, 0.5) is 0 Å². The summed E-state index contributed by atoms with van der Waals surface area (Å²) in [4.78, 5) is 15.8. The Morgan fingerprint density at radius 2 is 2.00 bits per heavy atom. The van der Waals surface area contributed by atoms with E-state index < -0.39 is 21.1 Å².